The predicted octanol–water partition coefficient (Wildman–Crippen LogP) is 3.72. The van der Waals surface area contributed by atoms with Crippen molar-refractivity contribution in [2.75, 3.05) is 19.6 Å². The van der Waals surface area contributed by atoms with Crippen LogP contribution in [0, 0.1) is 0 Å². The lowest BCUT2D eigenvalue weighted by atomic mass is 9.80. The summed E-state index contributed by atoms with van der Waals surface area (Å²) in [6.45, 7) is 7.02. The number of likely N-dealkylation sites (tertiary alicyclic amines) is 1. The maximum absolute atomic E-state index is 11.8. The van der Waals surface area contributed by atoms with Gasteiger partial charge >= 0.3 is 0 Å². The molecule has 0 unspecified atom stereocenters. The largest absolute Gasteiger partial charge is 0.369 e. The fourth-order valence-corrected chi connectivity index (χ4v) is 4.00. The first kappa shape index (κ1) is 20.6. The lowest BCUT2D eigenvalue weighted by molar-refractivity contribution is -0.122. The van der Waals surface area contributed by atoms with Crippen LogP contribution < -0.4 is 11.5 Å². The van der Waals surface area contributed by atoms with E-state index in [0.29, 0.717) is 5.92 Å². The van der Waals surface area contributed by atoms with E-state index in [1.165, 1.54) is 11.1 Å². The van der Waals surface area contributed by atoms with Gasteiger partial charge < -0.3 is 16.4 Å². The van der Waals surface area contributed by atoms with Gasteiger partial charge in [0.15, 0.2) is 0 Å². The second-order valence-corrected chi connectivity index (χ2v) is 8.54. The van der Waals surface area contributed by atoms with Crippen molar-refractivity contribution in [2.24, 2.45) is 11.5 Å². The molecule has 150 valence electrons. The summed E-state index contributed by atoms with van der Waals surface area (Å²) in [5.74, 6) is 0.261. The summed E-state index contributed by atoms with van der Waals surface area (Å²) in [6, 6.07) is 18.9. The van der Waals surface area contributed by atoms with Crippen molar-refractivity contribution in [2.45, 2.75) is 50.5 Å². The van der Waals surface area contributed by atoms with E-state index in [2.05, 4.69) is 35.2 Å². The van der Waals surface area contributed by atoms with Crippen molar-refractivity contribution in [3.63, 3.8) is 0 Å². The number of nitrogens with zero attached hydrogens (tertiary/aromatic N) is 1. The first-order valence-corrected chi connectivity index (χ1v) is 10.3. The maximum Gasteiger partial charge on any atom is 0.227 e. The molecule has 2 aromatic rings. The molecule has 1 saturated heterocycles. The Bertz CT molecular complexity index is 779. The summed E-state index contributed by atoms with van der Waals surface area (Å²) < 4.78 is 0. The zero-order chi connectivity index (χ0) is 20.1. The Labute approximate surface area is 168 Å². The maximum atomic E-state index is 11.8. The molecule has 0 spiro atoms. The Morgan fingerprint density at radius 1 is 1.11 bits per heavy atom. The quantitative estimate of drug-likeness (QED) is 0.770. The predicted molar refractivity (Wildman–Crippen MR) is 115 cm³/mol. The van der Waals surface area contributed by atoms with Crippen LogP contribution in [-0.4, -0.2) is 30.4 Å². The van der Waals surface area contributed by atoms with Crippen molar-refractivity contribution >= 4 is 5.91 Å². The number of carbonyl (C=O) groups is 1. The zero-order valence-electron chi connectivity index (χ0n) is 17.1. The minimum atomic E-state index is -0.635. The molecule has 1 amide bonds. The van der Waals surface area contributed by atoms with Crippen molar-refractivity contribution < 1.29 is 4.79 Å². The van der Waals surface area contributed by atoms with Gasteiger partial charge in [0.2, 0.25) is 5.91 Å². The second-order valence-electron chi connectivity index (χ2n) is 8.54. The summed E-state index contributed by atoms with van der Waals surface area (Å²) in [6.07, 6.45) is 3.26. The van der Waals surface area contributed by atoms with Crippen molar-refractivity contribution in [3.8, 4) is 0 Å². The van der Waals surface area contributed by atoms with Crippen molar-refractivity contribution in [1.82, 2.24) is 4.90 Å². The summed E-state index contributed by atoms with van der Waals surface area (Å²) in [5.41, 5.74) is 14.9. The molecule has 0 radical (unpaired) electrons. The van der Waals surface area contributed by atoms with Crippen LogP contribution in [0.3, 0.4) is 0 Å². The van der Waals surface area contributed by atoms with E-state index >= 15 is 0 Å². The normalized spacial score (nSPS) is 17.4. The molecule has 0 aromatic heterocycles. The van der Waals surface area contributed by atoms with Gasteiger partial charge in [-0.25, -0.2) is 0 Å². The Hall–Kier alpha value is -2.17. The Kier molecular flexibility index (Phi) is 6.53. The highest BCUT2D eigenvalue weighted by atomic mass is 16.1. The summed E-state index contributed by atoms with van der Waals surface area (Å²) in [4.78, 5) is 14.3. The highest BCUT2D eigenvalue weighted by Crippen LogP contribution is 2.32. The second kappa shape index (κ2) is 8.89. The molecule has 4 heteroatoms. The number of benzene rings is 2. The van der Waals surface area contributed by atoms with Crippen LogP contribution in [0.5, 0.6) is 0 Å². The number of hydrogen-bond acceptors (Lipinski definition) is 3. The van der Waals surface area contributed by atoms with E-state index < -0.39 is 5.41 Å². The van der Waals surface area contributed by atoms with Gasteiger partial charge in [-0.15, -0.1) is 0 Å². The molecule has 1 fully saturated rings. The molecule has 28 heavy (non-hydrogen) atoms. The summed E-state index contributed by atoms with van der Waals surface area (Å²) in [7, 11) is 0. The molecule has 2 aromatic carbocycles. The Balaban J connectivity index is 1.54. The van der Waals surface area contributed by atoms with Gasteiger partial charge in [0.1, 0.15) is 0 Å². The van der Waals surface area contributed by atoms with Gasteiger partial charge in [-0.1, -0.05) is 54.6 Å². The molecule has 4 nitrogen and oxygen atoms in total. The van der Waals surface area contributed by atoms with Crippen LogP contribution in [0.15, 0.2) is 54.6 Å². The van der Waals surface area contributed by atoms with E-state index in [9.17, 15) is 4.79 Å². The molecule has 0 bridgehead atoms. The molecule has 1 aliphatic heterocycles. The number of hydrogen-bond donors (Lipinski definition) is 2. The van der Waals surface area contributed by atoms with E-state index in [-0.39, 0.29) is 11.9 Å². The number of carbonyl (C=O) groups excluding carboxylic acids is 1. The van der Waals surface area contributed by atoms with Gasteiger partial charge in [0.25, 0.3) is 0 Å². The third kappa shape index (κ3) is 4.81. The van der Waals surface area contributed by atoms with Crippen LogP contribution in [0.4, 0.5) is 0 Å². The first-order valence-electron chi connectivity index (χ1n) is 10.3. The number of primary amides is 1. The standard InChI is InChI=1S/C24H33N3O/c1-24(2,23(26)28)21-10-6-9-20(17-21)18-11-14-27(15-12-18)16-13-22(25)19-7-4-3-5-8-19/h3-10,17-18,22H,11-16,25H2,1-2H3,(H2,26,28)/t22-/m0/s1. The minimum Gasteiger partial charge on any atom is -0.369 e. The van der Waals surface area contributed by atoms with E-state index in [1.54, 1.807) is 0 Å². The lowest BCUT2D eigenvalue weighted by Crippen LogP contribution is -2.36. The third-order valence-electron chi connectivity index (χ3n) is 6.27. The van der Waals surface area contributed by atoms with Crippen LogP contribution in [0.1, 0.15) is 61.8 Å². The molecular weight excluding hydrogens is 346 g/mol. The van der Waals surface area contributed by atoms with Crippen LogP contribution in [0.2, 0.25) is 0 Å². The van der Waals surface area contributed by atoms with Gasteiger partial charge in [-0.05, 0) is 75.4 Å². The van der Waals surface area contributed by atoms with Gasteiger partial charge in [0, 0.05) is 6.04 Å². The zero-order valence-corrected chi connectivity index (χ0v) is 17.1. The summed E-state index contributed by atoms with van der Waals surface area (Å²) in [5, 5.41) is 0. The molecule has 4 N–H and O–H groups in total. The third-order valence-corrected chi connectivity index (χ3v) is 6.27. The number of amides is 1. The van der Waals surface area contributed by atoms with E-state index in [4.69, 9.17) is 11.5 Å². The van der Waals surface area contributed by atoms with Gasteiger partial charge in [0.05, 0.1) is 5.41 Å². The average molecular weight is 380 g/mol. The highest BCUT2D eigenvalue weighted by molar-refractivity contribution is 5.85. The Morgan fingerprint density at radius 2 is 1.79 bits per heavy atom. The van der Waals surface area contributed by atoms with Crippen LogP contribution in [0.25, 0.3) is 0 Å². The molecule has 1 atom stereocenters. The van der Waals surface area contributed by atoms with Gasteiger partial charge in [-0.3, -0.25) is 4.79 Å². The smallest absolute Gasteiger partial charge is 0.227 e. The molecule has 0 aliphatic carbocycles. The fourth-order valence-electron chi connectivity index (χ4n) is 4.00. The summed E-state index contributed by atoms with van der Waals surface area (Å²) >= 11 is 0. The lowest BCUT2D eigenvalue weighted by Gasteiger charge is -2.33. The molecule has 1 aliphatic rings. The SMILES string of the molecule is CC(C)(C(N)=O)c1cccc(C2CCN(CC[C@H](N)c3ccccc3)CC2)c1. The topological polar surface area (TPSA) is 72.4 Å². The number of nitrogens with two attached hydrogens (primary N) is 2. The van der Waals surface area contributed by atoms with Crippen molar-refractivity contribution in [1.29, 1.82) is 0 Å². The molecule has 3 rings (SSSR count). The monoisotopic (exact) mass is 379 g/mol. The molecular formula is C24H33N3O. The van der Waals surface area contributed by atoms with E-state index in [1.807, 2.05) is 38.1 Å². The molecule has 1 heterocycles. The molecule has 0 saturated carbocycles. The number of piperidine rings is 1. The minimum absolute atomic E-state index is 0.103. The Morgan fingerprint density at radius 3 is 2.43 bits per heavy atom. The van der Waals surface area contributed by atoms with E-state index in [0.717, 1.165) is 44.5 Å². The van der Waals surface area contributed by atoms with Crippen LogP contribution in [-0.2, 0) is 10.2 Å². The van der Waals surface area contributed by atoms with Crippen molar-refractivity contribution in [3.05, 3.63) is 71.3 Å². The fraction of sp³-hybridized carbons (Fsp3) is 0.458. The first-order chi connectivity index (χ1) is 13.4. The highest BCUT2D eigenvalue weighted by Gasteiger charge is 2.28. The average Bonchev–Trinajstić information content (AvgIpc) is 2.73. The van der Waals surface area contributed by atoms with Crippen LogP contribution >= 0.6 is 0 Å². The number of rotatable bonds is 7. The van der Waals surface area contributed by atoms with Gasteiger partial charge in [-0.2, -0.15) is 0 Å².